The molecule has 0 aromatic heterocycles. The smallest absolute Gasteiger partial charge is 0.338 e. The van der Waals surface area contributed by atoms with Crippen molar-refractivity contribution < 1.29 is 28.3 Å². The first-order chi connectivity index (χ1) is 11.5. The zero-order valence-corrected chi connectivity index (χ0v) is 14.8. The standard InChI is InChI=1S/C9H10O4S.C5H14N6/c1-7-3-2-4-8(5-7)14(12,13)6-9(10)11;6-4(7)10-2-1-3-11-5(8)9/h2-5H,6H2,1H3,(H,10,11);1-3H2,(H4,6,7,10)(H4,8,9,11)/p+1. The lowest BCUT2D eigenvalue weighted by molar-refractivity contribution is -0.492. The fourth-order valence-corrected chi connectivity index (χ4v) is 2.73. The second kappa shape index (κ2) is 10.9. The molecule has 140 valence electrons. The lowest BCUT2D eigenvalue weighted by Crippen LogP contribution is -2.82. The highest BCUT2D eigenvalue weighted by Gasteiger charge is 2.14. The number of carbonyl (C=O) groups excluding carboxylic acids is 1. The van der Waals surface area contributed by atoms with Gasteiger partial charge in [0.05, 0.1) is 29.7 Å². The largest absolute Gasteiger partial charge is 0.549 e. The van der Waals surface area contributed by atoms with E-state index in [0.717, 1.165) is 12.0 Å². The van der Waals surface area contributed by atoms with E-state index in [1.165, 1.54) is 12.1 Å². The van der Waals surface area contributed by atoms with E-state index in [1.54, 1.807) is 19.1 Å². The van der Waals surface area contributed by atoms with Crippen molar-refractivity contribution in [1.82, 2.24) is 0 Å². The number of guanidine groups is 2. The zero-order valence-electron chi connectivity index (χ0n) is 14.0. The molecule has 0 atom stereocenters. The molecule has 0 saturated carbocycles. The molecular weight excluding hydrogens is 348 g/mol. The Balaban J connectivity index is 0.000000477. The number of aliphatic carboxylic acids is 1. The molecule has 25 heavy (non-hydrogen) atoms. The van der Waals surface area contributed by atoms with Crippen LogP contribution in [0.15, 0.2) is 29.2 Å². The van der Waals surface area contributed by atoms with Gasteiger partial charge in [0.1, 0.15) is 0 Å². The first kappa shape index (κ1) is 22.2. The Morgan fingerprint density at radius 1 is 1.08 bits per heavy atom. The highest BCUT2D eigenvalue weighted by Crippen LogP contribution is 2.12. The minimum atomic E-state index is -3.74. The summed E-state index contributed by atoms with van der Waals surface area (Å²) >= 11 is 0. The van der Waals surface area contributed by atoms with Gasteiger partial charge in [-0.05, 0) is 24.6 Å². The first-order valence-corrected chi connectivity index (χ1v) is 8.92. The van der Waals surface area contributed by atoms with Gasteiger partial charge in [-0.2, -0.15) is 0 Å². The third-order valence-corrected chi connectivity index (χ3v) is 4.26. The Labute approximate surface area is 146 Å². The molecule has 1 aromatic rings. The van der Waals surface area contributed by atoms with Crippen LogP contribution in [-0.4, -0.2) is 45.1 Å². The number of sulfone groups is 1. The van der Waals surface area contributed by atoms with Gasteiger partial charge in [0.25, 0.3) is 0 Å². The topological polar surface area (TPSA) is 206 Å². The molecule has 10 N–H and O–H groups in total. The molecule has 1 rings (SSSR count). The van der Waals surface area contributed by atoms with Crippen LogP contribution in [0.2, 0.25) is 0 Å². The molecule has 0 bridgehead atoms. The predicted octanol–water partition coefficient (Wildman–Crippen LogP) is -6.40. The predicted molar refractivity (Wildman–Crippen MR) is 91.3 cm³/mol. The van der Waals surface area contributed by atoms with Crippen molar-refractivity contribution in [1.29, 1.82) is 0 Å². The second-order valence-corrected chi connectivity index (χ2v) is 7.05. The summed E-state index contributed by atoms with van der Waals surface area (Å²) in [5.74, 6) is -2.10. The summed E-state index contributed by atoms with van der Waals surface area (Å²) in [6.45, 7) is 3.16. The van der Waals surface area contributed by atoms with E-state index in [-0.39, 0.29) is 16.8 Å². The van der Waals surface area contributed by atoms with Crippen LogP contribution in [0.4, 0.5) is 0 Å². The number of carboxylic acids is 1. The van der Waals surface area contributed by atoms with Gasteiger partial charge in [0.2, 0.25) is 0 Å². The van der Waals surface area contributed by atoms with E-state index in [2.05, 4.69) is 9.98 Å². The molecule has 0 aliphatic carbocycles. The number of benzene rings is 1. The van der Waals surface area contributed by atoms with Gasteiger partial charge in [-0.15, -0.1) is 0 Å². The summed E-state index contributed by atoms with van der Waals surface area (Å²) in [6.07, 6.45) is 0.857. The fourth-order valence-electron chi connectivity index (χ4n) is 1.60. The Morgan fingerprint density at radius 3 is 2.00 bits per heavy atom. The maximum Gasteiger partial charge on any atom is 0.338 e. The van der Waals surface area contributed by atoms with E-state index in [4.69, 9.17) is 22.9 Å². The summed E-state index contributed by atoms with van der Waals surface area (Å²) in [4.78, 5) is 15.7. The van der Waals surface area contributed by atoms with Crippen molar-refractivity contribution in [3.8, 4) is 0 Å². The highest BCUT2D eigenvalue weighted by atomic mass is 32.2. The van der Waals surface area contributed by atoms with E-state index in [0.29, 0.717) is 13.1 Å². The minimum Gasteiger partial charge on any atom is -0.549 e. The summed E-state index contributed by atoms with van der Waals surface area (Å²) in [5.41, 5.74) is 21.3. The van der Waals surface area contributed by atoms with Gasteiger partial charge in [0.15, 0.2) is 9.84 Å². The van der Waals surface area contributed by atoms with Crippen molar-refractivity contribution in [3.05, 3.63) is 29.8 Å². The highest BCUT2D eigenvalue weighted by molar-refractivity contribution is 7.92. The fraction of sp³-hybridized carbons (Fsp3) is 0.357. The molecule has 0 heterocycles. The van der Waals surface area contributed by atoms with E-state index in [9.17, 15) is 18.3 Å². The molecule has 0 saturated heterocycles. The first-order valence-electron chi connectivity index (χ1n) is 7.27. The Morgan fingerprint density at radius 2 is 1.60 bits per heavy atom. The number of nitrogens with one attached hydrogen (secondary N) is 2. The van der Waals surface area contributed by atoms with Crippen LogP contribution in [0.3, 0.4) is 0 Å². The number of aryl methyl sites for hydroxylation is 1. The molecular formula is C14H25N6O4S+. The van der Waals surface area contributed by atoms with Crippen LogP contribution in [0.25, 0.3) is 0 Å². The van der Waals surface area contributed by atoms with Crippen molar-refractivity contribution in [2.45, 2.75) is 18.2 Å². The summed E-state index contributed by atoms with van der Waals surface area (Å²) in [5, 5.41) is 10.2. The lowest BCUT2D eigenvalue weighted by Gasteiger charge is -2.05. The van der Waals surface area contributed by atoms with E-state index < -0.39 is 21.6 Å². The van der Waals surface area contributed by atoms with Crippen LogP contribution >= 0.6 is 0 Å². The third-order valence-electron chi connectivity index (χ3n) is 2.67. The molecule has 11 heteroatoms. The van der Waals surface area contributed by atoms with Crippen LogP contribution in [0.1, 0.15) is 12.0 Å². The maximum absolute atomic E-state index is 11.4. The third kappa shape index (κ3) is 11.4. The molecule has 0 aliphatic heterocycles. The summed E-state index contributed by atoms with van der Waals surface area (Å²) in [7, 11) is -3.74. The molecule has 0 fully saturated rings. The lowest BCUT2D eigenvalue weighted by atomic mass is 10.2. The number of carboxylic acid groups (broad SMARTS) is 1. The van der Waals surface area contributed by atoms with Gasteiger partial charge in [-0.25, -0.2) is 8.42 Å². The normalized spacial score (nSPS) is 10.1. The second-order valence-electron chi connectivity index (χ2n) is 5.07. The quantitative estimate of drug-likeness (QED) is 0.153. The summed E-state index contributed by atoms with van der Waals surface area (Å²) < 4.78 is 22.7. The van der Waals surface area contributed by atoms with Gasteiger partial charge in [-0.1, -0.05) is 12.1 Å². The molecule has 0 aliphatic rings. The molecule has 1 aromatic carbocycles. The van der Waals surface area contributed by atoms with Crippen LogP contribution in [0, 0.1) is 6.92 Å². The van der Waals surface area contributed by atoms with Crippen LogP contribution in [0.5, 0.6) is 0 Å². The number of nitrogens with two attached hydrogens (primary N) is 4. The Hall–Kier alpha value is -2.82. The van der Waals surface area contributed by atoms with Crippen molar-refractivity contribution in [3.63, 3.8) is 0 Å². The average Bonchev–Trinajstić information content (AvgIpc) is 2.45. The number of carbonyl (C=O) groups is 1. The molecule has 0 unspecified atom stereocenters. The molecule has 10 nitrogen and oxygen atoms in total. The van der Waals surface area contributed by atoms with Crippen LogP contribution in [-0.2, 0) is 14.6 Å². The number of rotatable bonds is 7. The number of hydrogen-bond donors (Lipinski definition) is 6. The van der Waals surface area contributed by atoms with Crippen LogP contribution < -0.4 is 38.0 Å². The molecule has 0 amide bonds. The minimum absolute atomic E-state index is 0.0155. The van der Waals surface area contributed by atoms with Crippen molar-refractivity contribution in [2.75, 3.05) is 18.8 Å². The van der Waals surface area contributed by atoms with Crippen molar-refractivity contribution in [2.24, 2.45) is 22.9 Å². The van der Waals surface area contributed by atoms with E-state index >= 15 is 0 Å². The van der Waals surface area contributed by atoms with Crippen molar-refractivity contribution >= 4 is 27.7 Å². The number of hydrogen-bond acceptors (Lipinski definition) is 4. The Kier molecular flexibility index (Phi) is 9.64. The molecule has 0 spiro atoms. The van der Waals surface area contributed by atoms with Gasteiger partial charge < -0.3 is 9.90 Å². The van der Waals surface area contributed by atoms with Gasteiger partial charge >= 0.3 is 11.9 Å². The van der Waals surface area contributed by atoms with Gasteiger partial charge in [-0.3, -0.25) is 32.9 Å². The SMILES string of the molecule is Cc1cccc(S(=O)(=O)CC(=O)[O-])c1.NC(N)=[NH+]CCC[NH+]=C(N)N. The average molecular weight is 373 g/mol. The Bertz CT molecular complexity index is 705. The zero-order chi connectivity index (χ0) is 19.5. The van der Waals surface area contributed by atoms with E-state index in [1.807, 2.05) is 0 Å². The monoisotopic (exact) mass is 373 g/mol. The maximum atomic E-state index is 11.4. The summed E-state index contributed by atoms with van der Waals surface area (Å²) in [6, 6.07) is 6.10. The van der Waals surface area contributed by atoms with Gasteiger partial charge in [0, 0.05) is 6.42 Å². The molecule has 0 radical (unpaired) electrons.